The molecular formula is C27H30F2. The minimum absolute atomic E-state index is 0.674. The lowest BCUT2D eigenvalue weighted by Gasteiger charge is -2.29. The molecule has 0 unspecified atom stereocenters. The zero-order valence-electron chi connectivity index (χ0n) is 17.3. The highest BCUT2D eigenvalue weighted by molar-refractivity contribution is 5.88. The van der Waals surface area contributed by atoms with Crippen LogP contribution in [0, 0.1) is 17.6 Å². The van der Waals surface area contributed by atoms with Gasteiger partial charge in [-0.05, 0) is 83.2 Å². The van der Waals surface area contributed by atoms with Crippen LogP contribution in [0.1, 0.15) is 69.8 Å². The number of hydrogen-bond donors (Lipinski definition) is 0. The molecule has 0 radical (unpaired) electrons. The quantitative estimate of drug-likeness (QED) is 0.368. The van der Waals surface area contributed by atoms with Gasteiger partial charge in [0.2, 0.25) is 0 Å². The molecule has 0 N–H and O–H groups in total. The van der Waals surface area contributed by atoms with Crippen molar-refractivity contribution in [2.24, 2.45) is 5.92 Å². The van der Waals surface area contributed by atoms with Crippen LogP contribution < -0.4 is 0 Å². The normalized spacial score (nSPS) is 19.6. The molecule has 0 aromatic heterocycles. The first-order valence-electron chi connectivity index (χ1n) is 11.1. The Bertz CT molecular complexity index is 967. The van der Waals surface area contributed by atoms with E-state index in [0.717, 1.165) is 16.9 Å². The van der Waals surface area contributed by atoms with Gasteiger partial charge in [0.25, 0.3) is 0 Å². The molecule has 29 heavy (non-hydrogen) atoms. The van der Waals surface area contributed by atoms with Gasteiger partial charge in [0.1, 0.15) is 0 Å². The molecule has 0 heterocycles. The highest BCUT2D eigenvalue weighted by Crippen LogP contribution is 2.39. The summed E-state index contributed by atoms with van der Waals surface area (Å²) in [6, 6.07) is 17.0. The van der Waals surface area contributed by atoms with Crippen LogP contribution in [0.2, 0.25) is 0 Å². The molecule has 1 saturated carbocycles. The summed E-state index contributed by atoms with van der Waals surface area (Å²) in [5.74, 6) is -0.00729. The van der Waals surface area contributed by atoms with Crippen LogP contribution in [0.15, 0.2) is 54.6 Å². The molecular weight excluding hydrogens is 362 g/mol. The number of unbranched alkanes of at least 4 members (excludes halogenated alkanes) is 2. The molecule has 2 heteroatoms. The zero-order chi connectivity index (χ0) is 20.2. The first kappa shape index (κ1) is 20.1. The van der Waals surface area contributed by atoms with Crippen LogP contribution in [0.25, 0.3) is 21.9 Å². The molecule has 0 atom stereocenters. The first-order valence-corrected chi connectivity index (χ1v) is 11.1. The Labute approximate surface area is 173 Å². The van der Waals surface area contributed by atoms with Crippen LogP contribution >= 0.6 is 0 Å². The molecule has 0 aliphatic heterocycles. The van der Waals surface area contributed by atoms with E-state index in [4.69, 9.17) is 0 Å². The van der Waals surface area contributed by atoms with Crippen molar-refractivity contribution in [1.82, 2.24) is 0 Å². The van der Waals surface area contributed by atoms with E-state index in [1.807, 2.05) is 6.07 Å². The van der Waals surface area contributed by atoms with E-state index in [0.29, 0.717) is 11.5 Å². The summed E-state index contributed by atoms with van der Waals surface area (Å²) in [5, 5.41) is 2.36. The lowest BCUT2D eigenvalue weighted by atomic mass is 9.77. The van der Waals surface area contributed by atoms with Crippen molar-refractivity contribution < 1.29 is 8.78 Å². The van der Waals surface area contributed by atoms with Crippen molar-refractivity contribution >= 4 is 10.8 Å². The highest BCUT2D eigenvalue weighted by atomic mass is 19.2. The summed E-state index contributed by atoms with van der Waals surface area (Å²) in [4.78, 5) is 0. The second-order valence-electron chi connectivity index (χ2n) is 8.66. The fourth-order valence-corrected chi connectivity index (χ4v) is 4.84. The fraction of sp³-hybridized carbons (Fsp3) is 0.407. The summed E-state index contributed by atoms with van der Waals surface area (Å²) < 4.78 is 26.8. The van der Waals surface area contributed by atoms with Crippen molar-refractivity contribution in [2.45, 2.75) is 64.2 Å². The van der Waals surface area contributed by atoms with E-state index >= 15 is 0 Å². The van der Waals surface area contributed by atoms with Crippen LogP contribution in [-0.4, -0.2) is 0 Å². The van der Waals surface area contributed by atoms with Gasteiger partial charge in [0.05, 0.1) is 0 Å². The summed E-state index contributed by atoms with van der Waals surface area (Å²) in [6.45, 7) is 2.28. The Morgan fingerprint density at radius 2 is 1.41 bits per heavy atom. The van der Waals surface area contributed by atoms with E-state index in [9.17, 15) is 8.78 Å². The predicted molar refractivity (Wildman–Crippen MR) is 118 cm³/mol. The first-order chi connectivity index (χ1) is 14.1. The molecule has 0 bridgehead atoms. The SMILES string of the molecule is CCCCCC1CCC(c2ccc3cc(-c4ccc(F)c(F)c4)ccc3c2)CC1. The molecule has 0 nitrogen and oxygen atoms in total. The molecule has 0 amide bonds. The summed E-state index contributed by atoms with van der Waals surface area (Å²) in [6.07, 6.45) is 10.8. The largest absolute Gasteiger partial charge is 0.204 e. The van der Waals surface area contributed by atoms with Gasteiger partial charge in [-0.3, -0.25) is 0 Å². The molecule has 1 aliphatic rings. The summed E-state index contributed by atoms with van der Waals surface area (Å²) in [5.41, 5.74) is 3.07. The van der Waals surface area contributed by atoms with E-state index in [2.05, 4.69) is 37.3 Å². The van der Waals surface area contributed by atoms with Crippen molar-refractivity contribution in [1.29, 1.82) is 0 Å². The van der Waals surface area contributed by atoms with Crippen LogP contribution in [0.5, 0.6) is 0 Å². The Hall–Kier alpha value is -2.22. The minimum Gasteiger partial charge on any atom is -0.204 e. The Kier molecular flexibility index (Phi) is 6.28. The van der Waals surface area contributed by atoms with E-state index in [-0.39, 0.29) is 0 Å². The van der Waals surface area contributed by atoms with Crippen molar-refractivity contribution in [3.05, 3.63) is 71.8 Å². The number of rotatable bonds is 6. The van der Waals surface area contributed by atoms with Crippen molar-refractivity contribution in [3.8, 4) is 11.1 Å². The second kappa shape index (κ2) is 9.07. The zero-order valence-corrected chi connectivity index (χ0v) is 17.3. The summed E-state index contributed by atoms with van der Waals surface area (Å²) >= 11 is 0. The average molecular weight is 393 g/mol. The maximum Gasteiger partial charge on any atom is 0.159 e. The average Bonchev–Trinajstić information content (AvgIpc) is 2.75. The molecule has 1 aliphatic carbocycles. The smallest absolute Gasteiger partial charge is 0.159 e. The van der Waals surface area contributed by atoms with Gasteiger partial charge < -0.3 is 0 Å². The van der Waals surface area contributed by atoms with Crippen molar-refractivity contribution in [2.75, 3.05) is 0 Å². The minimum atomic E-state index is -0.806. The molecule has 3 aromatic carbocycles. The number of hydrogen-bond acceptors (Lipinski definition) is 0. The molecule has 3 aromatic rings. The third-order valence-electron chi connectivity index (χ3n) is 6.65. The summed E-state index contributed by atoms with van der Waals surface area (Å²) in [7, 11) is 0. The van der Waals surface area contributed by atoms with Crippen molar-refractivity contribution in [3.63, 3.8) is 0 Å². The molecule has 0 saturated heterocycles. The van der Waals surface area contributed by atoms with Gasteiger partial charge in [-0.2, -0.15) is 0 Å². The fourth-order valence-electron chi connectivity index (χ4n) is 4.84. The van der Waals surface area contributed by atoms with E-state index < -0.39 is 11.6 Å². The molecule has 1 fully saturated rings. The standard InChI is InChI=1S/C27H30F2/c1-2-3-4-5-19-6-8-20(9-7-19)21-10-11-23-17-24(13-12-22(23)16-21)25-14-15-26(28)27(29)18-25/h10-20H,2-9H2,1H3. The van der Waals surface area contributed by atoms with Gasteiger partial charge in [-0.15, -0.1) is 0 Å². The second-order valence-corrected chi connectivity index (χ2v) is 8.66. The Balaban J connectivity index is 1.47. The number of benzene rings is 3. The lowest BCUT2D eigenvalue weighted by molar-refractivity contribution is 0.303. The van der Waals surface area contributed by atoms with E-state index in [1.54, 1.807) is 6.07 Å². The van der Waals surface area contributed by atoms with Gasteiger partial charge >= 0.3 is 0 Å². The third kappa shape index (κ3) is 4.69. The Morgan fingerprint density at radius 1 is 0.724 bits per heavy atom. The Morgan fingerprint density at radius 3 is 2.17 bits per heavy atom. The van der Waals surface area contributed by atoms with Crippen LogP contribution in [-0.2, 0) is 0 Å². The van der Waals surface area contributed by atoms with Crippen LogP contribution in [0.4, 0.5) is 8.78 Å². The maximum atomic E-state index is 13.6. The number of fused-ring (bicyclic) bond motifs is 1. The molecule has 4 rings (SSSR count). The molecule has 0 spiro atoms. The maximum absolute atomic E-state index is 13.6. The third-order valence-corrected chi connectivity index (χ3v) is 6.65. The van der Waals surface area contributed by atoms with Gasteiger partial charge in [-0.25, -0.2) is 8.78 Å². The highest BCUT2D eigenvalue weighted by Gasteiger charge is 2.22. The van der Waals surface area contributed by atoms with Gasteiger partial charge in [0, 0.05) is 0 Å². The lowest BCUT2D eigenvalue weighted by Crippen LogP contribution is -2.13. The number of halogens is 2. The molecule has 152 valence electrons. The van der Waals surface area contributed by atoms with E-state index in [1.165, 1.54) is 74.4 Å². The topological polar surface area (TPSA) is 0 Å². The monoisotopic (exact) mass is 392 g/mol. The predicted octanol–water partition coefficient (Wildman–Crippen LogP) is 8.64. The van der Waals surface area contributed by atoms with Gasteiger partial charge in [0.15, 0.2) is 11.6 Å². The van der Waals surface area contributed by atoms with Crippen LogP contribution in [0.3, 0.4) is 0 Å². The van der Waals surface area contributed by atoms with Gasteiger partial charge in [-0.1, -0.05) is 69.0 Å².